The molecule has 7 nitrogen and oxygen atoms in total. The Labute approximate surface area is 144 Å². The maximum absolute atomic E-state index is 13.5. The van der Waals surface area contributed by atoms with Crippen molar-refractivity contribution >= 4 is 27.5 Å². The molecule has 0 unspecified atom stereocenters. The molecule has 2 aromatic carbocycles. The Hall–Kier alpha value is -2.78. The normalized spacial score (nSPS) is 11.1. The number of benzene rings is 2. The molecule has 0 bridgehead atoms. The van der Waals surface area contributed by atoms with Crippen molar-refractivity contribution in [3.63, 3.8) is 0 Å². The van der Waals surface area contributed by atoms with Gasteiger partial charge < -0.3 is 11.1 Å². The van der Waals surface area contributed by atoms with Crippen LogP contribution in [-0.2, 0) is 10.0 Å². The van der Waals surface area contributed by atoms with Gasteiger partial charge in [-0.25, -0.2) is 17.5 Å². The molecule has 0 radical (unpaired) electrons. The highest BCUT2D eigenvalue weighted by atomic mass is 32.2. The van der Waals surface area contributed by atoms with Gasteiger partial charge in [0.05, 0.1) is 10.5 Å². The third-order valence-corrected chi connectivity index (χ3v) is 4.77. The zero-order valence-corrected chi connectivity index (χ0v) is 14.1. The number of amides is 2. The Morgan fingerprint density at radius 1 is 1.16 bits per heavy atom. The van der Waals surface area contributed by atoms with Gasteiger partial charge in [-0.05, 0) is 36.4 Å². The molecule has 0 saturated carbocycles. The average Bonchev–Trinajstić information content (AvgIpc) is 2.56. The first kappa shape index (κ1) is 18.6. The molecule has 0 saturated heterocycles. The first-order valence-electron chi connectivity index (χ1n) is 7.25. The zero-order chi connectivity index (χ0) is 18.6. The van der Waals surface area contributed by atoms with Gasteiger partial charge in [-0.3, -0.25) is 9.59 Å². The number of hydrogen-bond donors (Lipinski definition) is 3. The Morgan fingerprint density at radius 3 is 2.52 bits per heavy atom. The minimum Gasteiger partial charge on any atom is -0.366 e. The molecular formula is C16H16FN3O4S. The summed E-state index contributed by atoms with van der Waals surface area (Å²) in [4.78, 5) is 23.4. The average molecular weight is 365 g/mol. The van der Waals surface area contributed by atoms with Crippen molar-refractivity contribution in [3.05, 3.63) is 59.4 Å². The number of nitrogens with two attached hydrogens (primary N) is 1. The molecule has 0 aromatic heterocycles. The molecule has 0 aliphatic rings. The molecule has 0 aliphatic carbocycles. The highest BCUT2D eigenvalue weighted by Gasteiger charge is 2.16. The van der Waals surface area contributed by atoms with E-state index < -0.39 is 27.7 Å². The van der Waals surface area contributed by atoms with E-state index in [1.54, 1.807) is 6.92 Å². The summed E-state index contributed by atoms with van der Waals surface area (Å²) in [5.74, 6) is -2.38. The largest absolute Gasteiger partial charge is 0.366 e. The third-order valence-electron chi connectivity index (χ3n) is 3.23. The van der Waals surface area contributed by atoms with Crippen LogP contribution in [-0.4, -0.2) is 26.8 Å². The van der Waals surface area contributed by atoms with E-state index >= 15 is 0 Å². The van der Waals surface area contributed by atoms with Crippen LogP contribution in [0, 0.1) is 5.82 Å². The minimum absolute atomic E-state index is 0.0565. The molecule has 2 aromatic rings. The SMILES string of the molecule is CCNS(=O)(=O)c1cccc(C(=O)Nc2ccc(F)c(C(N)=O)c2)c1. The quantitative estimate of drug-likeness (QED) is 0.718. The number of rotatable bonds is 6. The van der Waals surface area contributed by atoms with Gasteiger partial charge in [0.15, 0.2) is 0 Å². The molecule has 0 spiro atoms. The molecule has 25 heavy (non-hydrogen) atoms. The highest BCUT2D eigenvalue weighted by Crippen LogP contribution is 2.17. The second kappa shape index (κ2) is 7.41. The second-order valence-electron chi connectivity index (χ2n) is 5.04. The van der Waals surface area contributed by atoms with Crippen molar-refractivity contribution in [2.75, 3.05) is 11.9 Å². The van der Waals surface area contributed by atoms with Gasteiger partial charge in [0.2, 0.25) is 10.0 Å². The molecule has 2 amide bonds. The van der Waals surface area contributed by atoms with Crippen molar-refractivity contribution in [2.24, 2.45) is 5.73 Å². The summed E-state index contributed by atoms with van der Waals surface area (Å²) in [6.07, 6.45) is 0. The Bertz CT molecular complexity index is 929. The number of carbonyl (C=O) groups excluding carboxylic acids is 2. The monoisotopic (exact) mass is 365 g/mol. The summed E-state index contributed by atoms with van der Waals surface area (Å²) in [7, 11) is -3.70. The Balaban J connectivity index is 2.28. The van der Waals surface area contributed by atoms with E-state index in [0.29, 0.717) is 0 Å². The number of primary amides is 1. The van der Waals surface area contributed by atoms with Crippen LogP contribution in [0.4, 0.5) is 10.1 Å². The van der Waals surface area contributed by atoms with Crippen LogP contribution in [0.15, 0.2) is 47.4 Å². The zero-order valence-electron chi connectivity index (χ0n) is 13.2. The van der Waals surface area contributed by atoms with Gasteiger partial charge >= 0.3 is 0 Å². The Morgan fingerprint density at radius 2 is 1.88 bits per heavy atom. The van der Waals surface area contributed by atoms with E-state index in [9.17, 15) is 22.4 Å². The lowest BCUT2D eigenvalue weighted by Gasteiger charge is -2.09. The number of anilines is 1. The number of nitrogens with one attached hydrogen (secondary N) is 2. The summed E-state index contributed by atoms with van der Waals surface area (Å²) in [6.45, 7) is 1.85. The predicted octanol–water partition coefficient (Wildman–Crippen LogP) is 1.48. The fourth-order valence-electron chi connectivity index (χ4n) is 2.07. The van der Waals surface area contributed by atoms with Gasteiger partial charge in [-0.1, -0.05) is 13.0 Å². The van der Waals surface area contributed by atoms with Crippen LogP contribution < -0.4 is 15.8 Å². The minimum atomic E-state index is -3.70. The van der Waals surface area contributed by atoms with Crippen molar-refractivity contribution in [1.29, 1.82) is 0 Å². The van der Waals surface area contributed by atoms with Crippen molar-refractivity contribution in [3.8, 4) is 0 Å². The van der Waals surface area contributed by atoms with E-state index in [1.165, 1.54) is 30.3 Å². The van der Waals surface area contributed by atoms with Crippen LogP contribution in [0.1, 0.15) is 27.6 Å². The molecule has 4 N–H and O–H groups in total. The summed E-state index contributed by atoms with van der Waals surface area (Å²) in [5, 5.41) is 2.46. The maximum Gasteiger partial charge on any atom is 0.255 e. The highest BCUT2D eigenvalue weighted by molar-refractivity contribution is 7.89. The van der Waals surface area contributed by atoms with Gasteiger partial charge in [0.25, 0.3) is 11.8 Å². The van der Waals surface area contributed by atoms with Crippen LogP contribution in [0.3, 0.4) is 0 Å². The van der Waals surface area contributed by atoms with Gasteiger partial charge in [-0.2, -0.15) is 0 Å². The maximum atomic E-state index is 13.5. The first-order chi connectivity index (χ1) is 11.7. The number of carbonyl (C=O) groups is 2. The van der Waals surface area contributed by atoms with Gasteiger partial charge in [0, 0.05) is 17.8 Å². The molecule has 0 atom stereocenters. The van der Waals surface area contributed by atoms with Crippen molar-refractivity contribution < 1.29 is 22.4 Å². The molecule has 0 aliphatic heterocycles. The van der Waals surface area contributed by atoms with Crippen LogP contribution in [0.25, 0.3) is 0 Å². The molecule has 132 valence electrons. The van der Waals surface area contributed by atoms with E-state index in [4.69, 9.17) is 5.73 Å². The van der Waals surface area contributed by atoms with E-state index in [2.05, 4.69) is 10.0 Å². The molecular weight excluding hydrogens is 349 g/mol. The fraction of sp³-hybridized carbons (Fsp3) is 0.125. The smallest absolute Gasteiger partial charge is 0.255 e. The summed E-state index contributed by atoms with van der Waals surface area (Å²) >= 11 is 0. The number of hydrogen-bond acceptors (Lipinski definition) is 4. The van der Waals surface area contributed by atoms with E-state index in [0.717, 1.165) is 12.1 Å². The number of halogens is 1. The first-order valence-corrected chi connectivity index (χ1v) is 8.73. The van der Waals surface area contributed by atoms with Crippen LogP contribution in [0.5, 0.6) is 0 Å². The van der Waals surface area contributed by atoms with E-state index in [1.807, 2.05) is 0 Å². The van der Waals surface area contributed by atoms with Gasteiger partial charge in [0.1, 0.15) is 5.82 Å². The molecule has 2 rings (SSSR count). The molecule has 9 heteroatoms. The molecule has 0 fully saturated rings. The molecule has 0 heterocycles. The summed E-state index contributed by atoms with van der Waals surface area (Å²) in [5.41, 5.74) is 4.94. The van der Waals surface area contributed by atoms with Crippen molar-refractivity contribution in [1.82, 2.24) is 4.72 Å². The van der Waals surface area contributed by atoms with Crippen LogP contribution >= 0.6 is 0 Å². The third kappa shape index (κ3) is 4.40. The standard InChI is InChI=1S/C16H16FN3O4S/c1-2-19-25(23,24)12-5-3-4-10(8-12)16(22)20-11-6-7-14(17)13(9-11)15(18)21/h3-9,19H,2H2,1H3,(H2,18,21)(H,20,22). The van der Waals surface area contributed by atoms with Gasteiger partial charge in [-0.15, -0.1) is 0 Å². The van der Waals surface area contributed by atoms with E-state index in [-0.39, 0.29) is 28.3 Å². The lowest BCUT2D eigenvalue weighted by atomic mass is 10.1. The predicted molar refractivity (Wildman–Crippen MR) is 90.2 cm³/mol. The lowest BCUT2D eigenvalue weighted by molar-refractivity contribution is 0.0992. The van der Waals surface area contributed by atoms with Crippen LogP contribution in [0.2, 0.25) is 0 Å². The summed E-state index contributed by atoms with van der Waals surface area (Å²) in [6, 6.07) is 8.80. The van der Waals surface area contributed by atoms with Crippen molar-refractivity contribution in [2.45, 2.75) is 11.8 Å². The lowest BCUT2D eigenvalue weighted by Crippen LogP contribution is -2.23. The summed E-state index contributed by atoms with van der Waals surface area (Å²) < 4.78 is 39.8. The second-order valence-corrected chi connectivity index (χ2v) is 6.81. The Kier molecular flexibility index (Phi) is 5.50. The fourth-order valence-corrected chi connectivity index (χ4v) is 3.16. The number of sulfonamides is 1. The topological polar surface area (TPSA) is 118 Å².